The Balaban J connectivity index is 1.79. The zero-order chi connectivity index (χ0) is 26.5. The fourth-order valence-electron chi connectivity index (χ4n) is 3.28. The van der Waals surface area contributed by atoms with Crippen LogP contribution < -0.4 is 25.3 Å². The topological polar surface area (TPSA) is 133 Å². The van der Waals surface area contributed by atoms with Crippen LogP contribution in [0, 0.1) is 5.82 Å². The molecule has 3 rings (SSSR count). The first kappa shape index (κ1) is 26.9. The molecular formula is C25H25BrFN3O6. The number of aliphatic hydroxyl groups is 1. The third-order valence-corrected chi connectivity index (χ3v) is 5.82. The van der Waals surface area contributed by atoms with Crippen LogP contribution >= 0.6 is 15.9 Å². The van der Waals surface area contributed by atoms with Gasteiger partial charge in [-0.15, -0.1) is 0 Å². The van der Waals surface area contributed by atoms with Crippen LogP contribution in [0.4, 0.5) is 4.39 Å². The molecule has 0 spiro atoms. The average Bonchev–Trinajstić information content (AvgIpc) is 2.87. The third-order valence-electron chi connectivity index (χ3n) is 5.21. The van der Waals surface area contributed by atoms with Crippen molar-refractivity contribution in [1.82, 2.24) is 10.3 Å². The molecule has 0 bridgehead atoms. The van der Waals surface area contributed by atoms with Gasteiger partial charge in [0.15, 0.2) is 18.1 Å². The SMILES string of the molecule is COc1cc(C(=O)NCC(C)(O)c2ccc(OC)c(-c3ccc(F)c(Br)c3)n2)ccc1OCC(N)=O. The number of nitrogens with one attached hydrogen (secondary N) is 1. The minimum absolute atomic E-state index is 0.167. The van der Waals surface area contributed by atoms with Gasteiger partial charge in [-0.3, -0.25) is 9.59 Å². The van der Waals surface area contributed by atoms with Crippen molar-refractivity contribution in [2.45, 2.75) is 12.5 Å². The number of hydrogen-bond donors (Lipinski definition) is 3. The first-order valence-electron chi connectivity index (χ1n) is 10.7. The highest BCUT2D eigenvalue weighted by Crippen LogP contribution is 2.33. The normalized spacial score (nSPS) is 12.4. The van der Waals surface area contributed by atoms with E-state index in [1.807, 2.05) is 0 Å². The van der Waals surface area contributed by atoms with Gasteiger partial charge in [-0.05, 0) is 71.4 Å². The molecule has 11 heteroatoms. The minimum Gasteiger partial charge on any atom is -0.494 e. The zero-order valence-electron chi connectivity index (χ0n) is 19.8. The molecule has 9 nitrogen and oxygen atoms in total. The highest BCUT2D eigenvalue weighted by atomic mass is 79.9. The van der Waals surface area contributed by atoms with E-state index in [0.29, 0.717) is 17.0 Å². The van der Waals surface area contributed by atoms with Gasteiger partial charge in [-0.2, -0.15) is 0 Å². The molecule has 0 fully saturated rings. The van der Waals surface area contributed by atoms with Gasteiger partial charge in [0.05, 0.1) is 30.9 Å². The molecule has 2 amide bonds. The van der Waals surface area contributed by atoms with E-state index < -0.39 is 23.2 Å². The van der Waals surface area contributed by atoms with Crippen LogP contribution in [0.5, 0.6) is 17.2 Å². The number of ether oxygens (including phenoxy) is 3. The van der Waals surface area contributed by atoms with Crippen molar-refractivity contribution in [3.8, 4) is 28.5 Å². The summed E-state index contributed by atoms with van der Waals surface area (Å²) in [7, 11) is 2.88. The Morgan fingerprint density at radius 2 is 1.78 bits per heavy atom. The lowest BCUT2D eigenvalue weighted by Gasteiger charge is -2.24. The van der Waals surface area contributed by atoms with Gasteiger partial charge >= 0.3 is 0 Å². The van der Waals surface area contributed by atoms with Gasteiger partial charge in [-0.25, -0.2) is 9.37 Å². The molecule has 0 aliphatic heterocycles. The van der Waals surface area contributed by atoms with E-state index in [9.17, 15) is 19.1 Å². The average molecular weight is 562 g/mol. The molecule has 1 unspecified atom stereocenters. The van der Waals surface area contributed by atoms with Crippen molar-refractivity contribution < 1.29 is 33.3 Å². The fraction of sp³-hybridized carbons (Fsp3) is 0.240. The van der Waals surface area contributed by atoms with Crippen LogP contribution in [0.15, 0.2) is 53.0 Å². The summed E-state index contributed by atoms with van der Waals surface area (Å²) in [6, 6.07) is 12.0. The van der Waals surface area contributed by atoms with E-state index in [4.69, 9.17) is 19.9 Å². The first-order chi connectivity index (χ1) is 17.1. The third kappa shape index (κ3) is 6.29. The Bertz CT molecular complexity index is 1280. The molecule has 4 N–H and O–H groups in total. The van der Waals surface area contributed by atoms with E-state index in [2.05, 4.69) is 26.2 Å². The van der Waals surface area contributed by atoms with E-state index >= 15 is 0 Å². The molecule has 0 saturated heterocycles. The van der Waals surface area contributed by atoms with Crippen LogP contribution in [-0.4, -0.2) is 49.3 Å². The molecule has 1 aromatic heterocycles. The number of pyridine rings is 1. The Labute approximate surface area is 215 Å². The minimum atomic E-state index is -1.55. The molecule has 0 saturated carbocycles. The number of nitrogens with zero attached hydrogens (tertiary/aromatic N) is 1. The predicted octanol–water partition coefficient (Wildman–Crippen LogP) is 3.17. The summed E-state index contributed by atoms with van der Waals surface area (Å²) in [6.07, 6.45) is 0. The molecular weight excluding hydrogens is 537 g/mol. The Morgan fingerprint density at radius 1 is 1.08 bits per heavy atom. The van der Waals surface area contributed by atoms with Crippen molar-refractivity contribution in [1.29, 1.82) is 0 Å². The van der Waals surface area contributed by atoms with Crippen molar-refractivity contribution in [2.75, 3.05) is 27.4 Å². The van der Waals surface area contributed by atoms with E-state index in [0.717, 1.165) is 0 Å². The summed E-state index contributed by atoms with van der Waals surface area (Å²) in [5, 5.41) is 13.8. The first-order valence-corrected chi connectivity index (χ1v) is 11.5. The lowest BCUT2D eigenvalue weighted by molar-refractivity contribution is -0.119. The molecule has 1 atom stereocenters. The molecule has 0 aliphatic rings. The highest BCUT2D eigenvalue weighted by molar-refractivity contribution is 9.10. The maximum absolute atomic E-state index is 13.7. The van der Waals surface area contributed by atoms with Crippen molar-refractivity contribution >= 4 is 27.7 Å². The molecule has 0 aliphatic carbocycles. The van der Waals surface area contributed by atoms with Crippen LogP contribution in [0.1, 0.15) is 23.0 Å². The molecule has 36 heavy (non-hydrogen) atoms. The number of benzene rings is 2. The Hall–Kier alpha value is -3.70. The molecule has 3 aromatic rings. The summed E-state index contributed by atoms with van der Waals surface area (Å²) >= 11 is 3.16. The second-order valence-electron chi connectivity index (χ2n) is 7.95. The summed E-state index contributed by atoms with van der Waals surface area (Å²) < 4.78 is 29.8. The molecule has 1 heterocycles. The number of amides is 2. The predicted molar refractivity (Wildman–Crippen MR) is 133 cm³/mol. The Kier molecular flexibility index (Phi) is 8.49. The number of primary amides is 1. The van der Waals surface area contributed by atoms with E-state index in [1.165, 1.54) is 45.4 Å². The molecule has 0 radical (unpaired) electrons. The molecule has 2 aromatic carbocycles. The monoisotopic (exact) mass is 561 g/mol. The van der Waals surface area contributed by atoms with Crippen LogP contribution in [0.2, 0.25) is 0 Å². The smallest absolute Gasteiger partial charge is 0.255 e. The number of rotatable bonds is 10. The largest absolute Gasteiger partial charge is 0.494 e. The van der Waals surface area contributed by atoms with Gasteiger partial charge in [-0.1, -0.05) is 0 Å². The number of carbonyl (C=O) groups excluding carboxylic acids is 2. The van der Waals surface area contributed by atoms with Crippen molar-refractivity contribution in [3.63, 3.8) is 0 Å². The van der Waals surface area contributed by atoms with Crippen LogP contribution in [0.25, 0.3) is 11.3 Å². The number of nitrogens with two attached hydrogens (primary N) is 1. The lowest BCUT2D eigenvalue weighted by Crippen LogP contribution is -2.39. The molecule has 190 valence electrons. The highest BCUT2D eigenvalue weighted by Gasteiger charge is 2.27. The second-order valence-corrected chi connectivity index (χ2v) is 8.81. The van der Waals surface area contributed by atoms with Gasteiger partial charge in [0.1, 0.15) is 22.9 Å². The van der Waals surface area contributed by atoms with E-state index in [1.54, 1.807) is 24.3 Å². The quantitative estimate of drug-likeness (QED) is 0.346. The fourth-order valence-corrected chi connectivity index (χ4v) is 3.66. The Morgan fingerprint density at radius 3 is 2.42 bits per heavy atom. The van der Waals surface area contributed by atoms with Gasteiger partial charge in [0, 0.05) is 11.1 Å². The van der Waals surface area contributed by atoms with Crippen LogP contribution in [0.3, 0.4) is 0 Å². The number of halogens is 2. The number of methoxy groups -OCH3 is 2. The van der Waals surface area contributed by atoms with Crippen LogP contribution in [-0.2, 0) is 10.4 Å². The van der Waals surface area contributed by atoms with Gasteiger partial charge in [0.2, 0.25) is 0 Å². The maximum atomic E-state index is 13.7. The number of aromatic nitrogens is 1. The lowest BCUT2D eigenvalue weighted by atomic mass is 9.99. The van der Waals surface area contributed by atoms with Gasteiger partial charge < -0.3 is 30.4 Å². The zero-order valence-corrected chi connectivity index (χ0v) is 21.4. The van der Waals surface area contributed by atoms with Crippen molar-refractivity contribution in [2.24, 2.45) is 5.73 Å². The van der Waals surface area contributed by atoms with Gasteiger partial charge in [0.25, 0.3) is 11.8 Å². The summed E-state index contributed by atoms with van der Waals surface area (Å²) in [5.41, 5.74) is 5.03. The second kappa shape index (κ2) is 11.4. The van der Waals surface area contributed by atoms with Crippen molar-refractivity contribution in [3.05, 3.63) is 70.1 Å². The summed E-state index contributed by atoms with van der Waals surface area (Å²) in [5.74, 6) is -0.630. The number of hydrogen-bond acceptors (Lipinski definition) is 7. The number of carbonyl (C=O) groups is 2. The standard InChI is InChI=1S/C25H25BrFN3O6/c1-25(33,13-29-24(32)15-5-7-18(20(11-15)35-3)36-12-22(28)31)21-9-8-19(34-2)23(30-21)14-4-6-17(27)16(26)10-14/h4-11,33H,12-13H2,1-3H3,(H2,28,31)(H,29,32). The maximum Gasteiger partial charge on any atom is 0.255 e. The van der Waals surface area contributed by atoms with E-state index in [-0.39, 0.29) is 40.4 Å². The summed E-state index contributed by atoms with van der Waals surface area (Å²) in [4.78, 5) is 28.2. The summed E-state index contributed by atoms with van der Waals surface area (Å²) in [6.45, 7) is 1.00.